The van der Waals surface area contributed by atoms with Crippen LogP contribution in [0.25, 0.3) is 11.0 Å². The van der Waals surface area contributed by atoms with Crippen molar-refractivity contribution in [3.8, 4) is 0 Å². The largest absolute Gasteiger partial charge is 0.324 e. The van der Waals surface area contributed by atoms with Crippen molar-refractivity contribution in [1.29, 1.82) is 0 Å². The molecule has 0 bridgehead atoms. The summed E-state index contributed by atoms with van der Waals surface area (Å²) in [6.07, 6.45) is 0. The summed E-state index contributed by atoms with van der Waals surface area (Å²) in [7, 11) is 0. The molecule has 0 aliphatic heterocycles. The molecule has 1 amide bonds. The highest BCUT2D eigenvalue weighted by Crippen LogP contribution is 2.14. The normalized spacial score (nSPS) is 10.5. The van der Waals surface area contributed by atoms with Crippen molar-refractivity contribution in [3.63, 3.8) is 0 Å². The van der Waals surface area contributed by atoms with E-state index in [0.29, 0.717) is 17.1 Å². The second kappa shape index (κ2) is 5.20. The van der Waals surface area contributed by atoms with Gasteiger partial charge >= 0.3 is 0 Å². The molecule has 1 aromatic heterocycles. The predicted molar refractivity (Wildman–Crippen MR) is 80.5 cm³/mol. The van der Waals surface area contributed by atoms with Crippen molar-refractivity contribution in [2.45, 2.75) is 6.92 Å². The quantitative estimate of drug-likeness (QED) is 0.724. The van der Waals surface area contributed by atoms with Crippen molar-refractivity contribution in [2.75, 3.05) is 5.32 Å². The van der Waals surface area contributed by atoms with Gasteiger partial charge in [0.05, 0.1) is 11.0 Å². The van der Waals surface area contributed by atoms with Crippen LogP contribution in [0.5, 0.6) is 0 Å². The summed E-state index contributed by atoms with van der Waals surface area (Å²) in [5.74, 6) is 0.0974. The van der Waals surface area contributed by atoms with Gasteiger partial charge in [-0.15, -0.1) is 0 Å². The Morgan fingerprint density at radius 1 is 1.00 bits per heavy atom. The summed E-state index contributed by atoms with van der Waals surface area (Å²) >= 11 is 0. The van der Waals surface area contributed by atoms with E-state index in [4.69, 9.17) is 0 Å². The van der Waals surface area contributed by atoms with Crippen LogP contribution in [0.15, 0.2) is 48.5 Å². The number of carbonyl (C=O) groups is 2. The number of amides is 1. The Morgan fingerprint density at radius 3 is 2.33 bits per heavy atom. The molecule has 5 heteroatoms. The molecule has 0 saturated heterocycles. The minimum absolute atomic E-state index is 0.0285. The first-order valence-electron chi connectivity index (χ1n) is 6.50. The number of anilines is 1. The van der Waals surface area contributed by atoms with Gasteiger partial charge in [-0.3, -0.25) is 14.9 Å². The van der Waals surface area contributed by atoms with E-state index >= 15 is 0 Å². The number of para-hydroxylation sites is 2. The van der Waals surface area contributed by atoms with Crippen LogP contribution in [0.2, 0.25) is 0 Å². The molecular formula is C16H13N3O2. The van der Waals surface area contributed by atoms with Crippen LogP contribution in [-0.2, 0) is 0 Å². The van der Waals surface area contributed by atoms with E-state index in [-0.39, 0.29) is 11.7 Å². The average Bonchev–Trinajstić information content (AvgIpc) is 2.89. The van der Waals surface area contributed by atoms with Gasteiger partial charge in [0.15, 0.2) is 5.78 Å². The van der Waals surface area contributed by atoms with Crippen molar-refractivity contribution in [3.05, 3.63) is 59.7 Å². The van der Waals surface area contributed by atoms with Crippen LogP contribution in [0.3, 0.4) is 0 Å². The zero-order valence-corrected chi connectivity index (χ0v) is 11.4. The fourth-order valence-electron chi connectivity index (χ4n) is 2.05. The number of aromatic nitrogens is 2. The first-order chi connectivity index (χ1) is 10.1. The molecule has 104 valence electrons. The highest BCUT2D eigenvalue weighted by Gasteiger charge is 2.09. The van der Waals surface area contributed by atoms with Crippen molar-refractivity contribution in [2.24, 2.45) is 0 Å². The standard InChI is InChI=1S/C16H13N3O2/c1-10(20)11-6-8-12(9-7-11)15(21)19-16-17-13-4-2-3-5-14(13)18-16/h2-9H,1H3,(H2,17,18,19,21). The van der Waals surface area contributed by atoms with Crippen molar-refractivity contribution < 1.29 is 9.59 Å². The highest BCUT2D eigenvalue weighted by atomic mass is 16.1. The number of rotatable bonds is 3. The Balaban J connectivity index is 1.80. The maximum Gasteiger partial charge on any atom is 0.257 e. The molecule has 0 spiro atoms. The second-order valence-corrected chi connectivity index (χ2v) is 4.69. The number of hydrogen-bond donors (Lipinski definition) is 2. The number of carbonyl (C=O) groups excluding carboxylic acids is 2. The van der Waals surface area contributed by atoms with E-state index in [9.17, 15) is 9.59 Å². The molecule has 0 unspecified atom stereocenters. The third kappa shape index (κ3) is 2.67. The van der Waals surface area contributed by atoms with E-state index < -0.39 is 0 Å². The van der Waals surface area contributed by atoms with Gasteiger partial charge in [0, 0.05) is 11.1 Å². The van der Waals surface area contributed by atoms with Gasteiger partial charge in [0.25, 0.3) is 5.91 Å². The highest BCUT2D eigenvalue weighted by molar-refractivity contribution is 6.04. The van der Waals surface area contributed by atoms with Crippen LogP contribution in [0, 0.1) is 0 Å². The number of fused-ring (bicyclic) bond motifs is 1. The molecule has 2 N–H and O–H groups in total. The fraction of sp³-hybridized carbons (Fsp3) is 0.0625. The molecular weight excluding hydrogens is 266 g/mol. The van der Waals surface area contributed by atoms with Crippen LogP contribution < -0.4 is 5.32 Å². The lowest BCUT2D eigenvalue weighted by Gasteiger charge is -2.02. The fourth-order valence-corrected chi connectivity index (χ4v) is 2.05. The van der Waals surface area contributed by atoms with E-state index in [1.807, 2.05) is 24.3 Å². The number of imidazole rings is 1. The van der Waals surface area contributed by atoms with Crippen molar-refractivity contribution in [1.82, 2.24) is 9.97 Å². The number of nitrogens with one attached hydrogen (secondary N) is 2. The molecule has 3 rings (SSSR count). The maximum atomic E-state index is 12.1. The Labute approximate surface area is 121 Å². The van der Waals surface area contributed by atoms with E-state index in [0.717, 1.165) is 11.0 Å². The van der Waals surface area contributed by atoms with E-state index in [1.54, 1.807) is 24.3 Å². The smallest absolute Gasteiger partial charge is 0.257 e. The van der Waals surface area contributed by atoms with Gasteiger partial charge in [-0.05, 0) is 31.2 Å². The van der Waals surface area contributed by atoms with Gasteiger partial charge in [0.1, 0.15) is 0 Å². The molecule has 0 atom stereocenters. The SMILES string of the molecule is CC(=O)c1ccc(C(=O)Nc2nc3ccccc3[nH]2)cc1. The average molecular weight is 279 g/mol. The Hall–Kier alpha value is -2.95. The molecule has 0 radical (unpaired) electrons. The van der Waals surface area contributed by atoms with Crippen LogP contribution in [-0.4, -0.2) is 21.7 Å². The topological polar surface area (TPSA) is 74.8 Å². The van der Waals surface area contributed by atoms with E-state index in [1.165, 1.54) is 6.92 Å². The van der Waals surface area contributed by atoms with Gasteiger partial charge in [-0.2, -0.15) is 0 Å². The molecule has 0 fully saturated rings. The number of H-pyrrole nitrogens is 1. The summed E-state index contributed by atoms with van der Waals surface area (Å²) < 4.78 is 0. The molecule has 0 aliphatic carbocycles. The maximum absolute atomic E-state index is 12.1. The predicted octanol–water partition coefficient (Wildman–Crippen LogP) is 3.02. The van der Waals surface area contributed by atoms with E-state index in [2.05, 4.69) is 15.3 Å². The molecule has 5 nitrogen and oxygen atoms in total. The minimum atomic E-state index is -0.274. The molecule has 3 aromatic rings. The summed E-state index contributed by atoms with van der Waals surface area (Å²) in [5, 5.41) is 2.71. The summed E-state index contributed by atoms with van der Waals surface area (Å²) in [6.45, 7) is 1.49. The summed E-state index contributed by atoms with van der Waals surface area (Å²) in [5.41, 5.74) is 2.70. The number of benzene rings is 2. The lowest BCUT2D eigenvalue weighted by Crippen LogP contribution is -2.13. The molecule has 21 heavy (non-hydrogen) atoms. The monoisotopic (exact) mass is 279 g/mol. The molecule has 2 aromatic carbocycles. The molecule has 0 saturated carbocycles. The zero-order valence-electron chi connectivity index (χ0n) is 11.4. The number of Topliss-reactive ketones (excluding diaryl/α,β-unsaturated/α-hetero) is 1. The molecule has 0 aliphatic rings. The first-order valence-corrected chi connectivity index (χ1v) is 6.50. The Kier molecular flexibility index (Phi) is 3.23. The Morgan fingerprint density at radius 2 is 1.67 bits per heavy atom. The zero-order chi connectivity index (χ0) is 14.8. The number of hydrogen-bond acceptors (Lipinski definition) is 3. The summed E-state index contributed by atoms with van der Waals surface area (Å²) in [4.78, 5) is 30.6. The van der Waals surface area contributed by atoms with Crippen LogP contribution in [0.1, 0.15) is 27.6 Å². The summed E-state index contributed by atoms with van der Waals surface area (Å²) in [6, 6.07) is 14.0. The van der Waals surface area contributed by atoms with Gasteiger partial charge in [0.2, 0.25) is 5.95 Å². The number of aromatic amines is 1. The van der Waals surface area contributed by atoms with Crippen LogP contribution >= 0.6 is 0 Å². The first kappa shape index (κ1) is 13.1. The molecule has 1 heterocycles. The number of ketones is 1. The minimum Gasteiger partial charge on any atom is -0.324 e. The van der Waals surface area contributed by atoms with Gasteiger partial charge < -0.3 is 4.98 Å². The van der Waals surface area contributed by atoms with Gasteiger partial charge in [-0.1, -0.05) is 24.3 Å². The third-order valence-corrected chi connectivity index (χ3v) is 3.17. The Bertz CT molecular complexity index is 786. The third-order valence-electron chi connectivity index (χ3n) is 3.17. The second-order valence-electron chi connectivity index (χ2n) is 4.69. The van der Waals surface area contributed by atoms with Gasteiger partial charge in [-0.25, -0.2) is 4.98 Å². The van der Waals surface area contributed by atoms with Crippen molar-refractivity contribution >= 4 is 28.7 Å². The number of nitrogens with zero attached hydrogens (tertiary/aromatic N) is 1. The lowest BCUT2D eigenvalue weighted by atomic mass is 10.1. The van der Waals surface area contributed by atoms with Crippen LogP contribution in [0.4, 0.5) is 5.95 Å². The lowest BCUT2D eigenvalue weighted by molar-refractivity contribution is 0.100.